The van der Waals surface area contributed by atoms with E-state index in [0.29, 0.717) is 11.4 Å². The summed E-state index contributed by atoms with van der Waals surface area (Å²) in [6.07, 6.45) is 4.53. The Labute approximate surface area is 118 Å². The number of carbonyl (C=O) groups is 1. The Morgan fingerprint density at radius 1 is 1.15 bits per heavy atom. The van der Waals surface area contributed by atoms with Crippen LogP contribution in [0.2, 0.25) is 0 Å². The van der Waals surface area contributed by atoms with Crippen LogP contribution in [0.1, 0.15) is 39.2 Å². The Morgan fingerprint density at radius 3 is 2.80 bits per heavy atom. The summed E-state index contributed by atoms with van der Waals surface area (Å²) >= 11 is 0. The molecule has 1 amide bonds. The average Bonchev–Trinajstić information content (AvgIpc) is 2.91. The quantitative estimate of drug-likeness (QED) is 0.910. The van der Waals surface area contributed by atoms with Gasteiger partial charge in [0.15, 0.2) is 0 Å². The van der Waals surface area contributed by atoms with Crippen molar-refractivity contribution in [3.8, 4) is 0 Å². The predicted molar refractivity (Wildman–Crippen MR) is 77.9 cm³/mol. The molecule has 0 atom stereocenters. The Balaban J connectivity index is 1.86. The minimum Gasteiger partial charge on any atom is -0.306 e. The molecule has 1 aliphatic rings. The van der Waals surface area contributed by atoms with Crippen LogP contribution < -0.4 is 5.32 Å². The van der Waals surface area contributed by atoms with E-state index < -0.39 is 0 Å². The third-order valence-corrected chi connectivity index (χ3v) is 3.88. The Kier molecular flexibility index (Phi) is 3.22. The van der Waals surface area contributed by atoms with Crippen LogP contribution in [0, 0.1) is 13.8 Å². The second-order valence-corrected chi connectivity index (χ2v) is 5.25. The Hall–Kier alpha value is -2.23. The van der Waals surface area contributed by atoms with Crippen molar-refractivity contribution in [1.82, 2.24) is 9.97 Å². The molecule has 2 aromatic rings. The van der Waals surface area contributed by atoms with Gasteiger partial charge in [0.2, 0.25) is 0 Å². The second-order valence-electron chi connectivity index (χ2n) is 5.25. The van der Waals surface area contributed by atoms with E-state index in [9.17, 15) is 4.79 Å². The zero-order chi connectivity index (χ0) is 14.1. The molecule has 1 aliphatic carbocycles. The highest BCUT2D eigenvalue weighted by molar-refractivity contribution is 6.04. The molecule has 0 fully saturated rings. The number of hydrogen-bond donors (Lipinski definition) is 1. The monoisotopic (exact) mass is 267 g/mol. The summed E-state index contributed by atoms with van der Waals surface area (Å²) < 4.78 is 0. The molecule has 4 heteroatoms. The van der Waals surface area contributed by atoms with E-state index in [0.717, 1.165) is 36.1 Å². The number of nitrogens with one attached hydrogen (secondary N) is 1. The second kappa shape index (κ2) is 5.04. The van der Waals surface area contributed by atoms with Gasteiger partial charge < -0.3 is 5.32 Å². The van der Waals surface area contributed by atoms with Gasteiger partial charge in [0, 0.05) is 16.8 Å². The minimum atomic E-state index is -0.110. The van der Waals surface area contributed by atoms with Crippen molar-refractivity contribution in [2.24, 2.45) is 0 Å². The number of rotatable bonds is 2. The maximum absolute atomic E-state index is 12.3. The molecule has 0 spiro atoms. The molecule has 0 bridgehead atoms. The lowest BCUT2D eigenvalue weighted by molar-refractivity contribution is 0.102. The van der Waals surface area contributed by atoms with Gasteiger partial charge in [-0.25, -0.2) is 9.97 Å². The van der Waals surface area contributed by atoms with Crippen LogP contribution in [0.15, 0.2) is 24.5 Å². The smallest absolute Gasteiger partial charge is 0.256 e. The van der Waals surface area contributed by atoms with E-state index in [1.807, 2.05) is 32.0 Å². The number of benzene rings is 1. The fraction of sp³-hybridized carbons (Fsp3) is 0.312. The molecule has 0 aliphatic heterocycles. The first-order valence-corrected chi connectivity index (χ1v) is 6.86. The maximum atomic E-state index is 12.3. The minimum absolute atomic E-state index is 0.110. The first-order valence-electron chi connectivity index (χ1n) is 6.86. The summed E-state index contributed by atoms with van der Waals surface area (Å²) in [5, 5.41) is 2.92. The molecule has 102 valence electrons. The van der Waals surface area contributed by atoms with Gasteiger partial charge in [-0.2, -0.15) is 0 Å². The van der Waals surface area contributed by atoms with Gasteiger partial charge in [0.1, 0.15) is 12.1 Å². The van der Waals surface area contributed by atoms with E-state index in [4.69, 9.17) is 0 Å². The van der Waals surface area contributed by atoms with Crippen molar-refractivity contribution in [1.29, 1.82) is 0 Å². The summed E-state index contributed by atoms with van der Waals surface area (Å²) in [5.74, 6) is 0.552. The molecule has 1 aromatic heterocycles. The molecule has 1 N–H and O–H groups in total. The summed E-state index contributed by atoms with van der Waals surface area (Å²) in [6, 6.07) is 5.72. The maximum Gasteiger partial charge on any atom is 0.256 e. The highest BCUT2D eigenvalue weighted by atomic mass is 16.1. The number of carbonyl (C=O) groups excluding carboxylic acids is 1. The Morgan fingerprint density at radius 2 is 2.00 bits per heavy atom. The molecule has 0 saturated carbocycles. The van der Waals surface area contributed by atoms with Crippen LogP contribution in [0.25, 0.3) is 0 Å². The summed E-state index contributed by atoms with van der Waals surface area (Å²) in [6.45, 7) is 4.04. The summed E-state index contributed by atoms with van der Waals surface area (Å²) in [5.41, 5.74) is 5.12. The summed E-state index contributed by atoms with van der Waals surface area (Å²) in [4.78, 5) is 20.8. The van der Waals surface area contributed by atoms with Crippen LogP contribution in [-0.4, -0.2) is 15.9 Å². The van der Waals surface area contributed by atoms with Crippen molar-refractivity contribution in [2.75, 3.05) is 5.32 Å². The van der Waals surface area contributed by atoms with Crippen LogP contribution >= 0.6 is 0 Å². The highest BCUT2D eigenvalue weighted by Gasteiger charge is 2.18. The van der Waals surface area contributed by atoms with E-state index >= 15 is 0 Å². The molecular weight excluding hydrogens is 250 g/mol. The normalized spacial score (nSPS) is 13.1. The van der Waals surface area contributed by atoms with Crippen LogP contribution in [0.5, 0.6) is 0 Å². The van der Waals surface area contributed by atoms with E-state index in [1.54, 1.807) is 0 Å². The number of nitrogens with zero attached hydrogens (tertiary/aromatic N) is 2. The standard InChI is InChI=1S/C16H17N3O/c1-10-6-7-12(8-11(10)2)16(20)19-15-13-4-3-5-14(13)17-9-18-15/h6-9H,3-5H2,1-2H3,(H,17,18,19,20). The van der Waals surface area contributed by atoms with Gasteiger partial charge in [-0.3, -0.25) is 4.79 Å². The van der Waals surface area contributed by atoms with Crippen LogP contribution in [-0.2, 0) is 12.8 Å². The number of aromatic nitrogens is 2. The number of aryl methyl sites for hydroxylation is 3. The van der Waals surface area contributed by atoms with Gasteiger partial charge >= 0.3 is 0 Å². The topological polar surface area (TPSA) is 54.9 Å². The number of anilines is 1. The first-order chi connectivity index (χ1) is 9.65. The number of fused-ring (bicyclic) bond motifs is 1. The van der Waals surface area contributed by atoms with Gasteiger partial charge in [-0.05, 0) is 56.4 Å². The lowest BCUT2D eigenvalue weighted by Crippen LogP contribution is -2.15. The van der Waals surface area contributed by atoms with Crippen LogP contribution in [0.3, 0.4) is 0 Å². The predicted octanol–water partition coefficient (Wildman–Crippen LogP) is 2.83. The van der Waals surface area contributed by atoms with Crippen molar-refractivity contribution < 1.29 is 4.79 Å². The van der Waals surface area contributed by atoms with Crippen molar-refractivity contribution in [2.45, 2.75) is 33.1 Å². The number of amides is 1. The third-order valence-electron chi connectivity index (χ3n) is 3.88. The first kappa shape index (κ1) is 12.8. The van der Waals surface area contributed by atoms with Crippen molar-refractivity contribution in [3.05, 3.63) is 52.5 Å². The molecule has 0 unspecified atom stereocenters. The van der Waals surface area contributed by atoms with E-state index in [-0.39, 0.29) is 5.91 Å². The van der Waals surface area contributed by atoms with Crippen molar-refractivity contribution in [3.63, 3.8) is 0 Å². The average molecular weight is 267 g/mol. The molecule has 4 nitrogen and oxygen atoms in total. The molecule has 3 rings (SSSR count). The van der Waals surface area contributed by atoms with Gasteiger partial charge in [0.05, 0.1) is 0 Å². The molecular formula is C16H17N3O. The van der Waals surface area contributed by atoms with Gasteiger partial charge in [0.25, 0.3) is 5.91 Å². The van der Waals surface area contributed by atoms with E-state index in [2.05, 4.69) is 15.3 Å². The van der Waals surface area contributed by atoms with Crippen LogP contribution in [0.4, 0.5) is 5.82 Å². The highest BCUT2D eigenvalue weighted by Crippen LogP contribution is 2.25. The zero-order valence-electron chi connectivity index (χ0n) is 11.7. The third kappa shape index (κ3) is 2.29. The largest absolute Gasteiger partial charge is 0.306 e. The van der Waals surface area contributed by atoms with E-state index in [1.165, 1.54) is 11.9 Å². The SMILES string of the molecule is Cc1ccc(C(=O)Nc2ncnc3c2CCC3)cc1C. The zero-order valence-corrected chi connectivity index (χ0v) is 11.7. The summed E-state index contributed by atoms with van der Waals surface area (Å²) in [7, 11) is 0. The Bertz CT molecular complexity index is 679. The number of hydrogen-bond acceptors (Lipinski definition) is 3. The lowest BCUT2D eigenvalue weighted by atomic mass is 10.1. The fourth-order valence-corrected chi connectivity index (χ4v) is 2.53. The molecule has 0 radical (unpaired) electrons. The molecule has 20 heavy (non-hydrogen) atoms. The molecule has 1 aromatic carbocycles. The fourth-order valence-electron chi connectivity index (χ4n) is 2.53. The van der Waals surface area contributed by atoms with Gasteiger partial charge in [-0.15, -0.1) is 0 Å². The van der Waals surface area contributed by atoms with Crippen molar-refractivity contribution >= 4 is 11.7 Å². The molecule has 1 heterocycles. The molecule has 0 saturated heterocycles. The van der Waals surface area contributed by atoms with Gasteiger partial charge in [-0.1, -0.05) is 6.07 Å². The lowest BCUT2D eigenvalue weighted by Gasteiger charge is -2.09.